The molecule has 3 rings (SSSR count). The average Bonchev–Trinajstić information content (AvgIpc) is 3.08. The normalized spacial score (nSPS) is 16.0. The van der Waals surface area contributed by atoms with Crippen molar-refractivity contribution in [3.63, 3.8) is 0 Å². The lowest BCUT2D eigenvalue weighted by molar-refractivity contribution is 0.0600. The van der Waals surface area contributed by atoms with Gasteiger partial charge in [-0.1, -0.05) is 46.8 Å². The summed E-state index contributed by atoms with van der Waals surface area (Å²) in [5, 5.41) is 3.54. The molecule has 0 radical (unpaired) electrons. The van der Waals surface area contributed by atoms with E-state index in [1.165, 1.54) is 23.3 Å². The molecular formula is C25H33NO4S. The zero-order valence-corrected chi connectivity index (χ0v) is 20.2. The highest BCUT2D eigenvalue weighted by Gasteiger charge is 2.34. The van der Waals surface area contributed by atoms with E-state index in [-0.39, 0.29) is 11.3 Å². The minimum atomic E-state index is -0.397. The Morgan fingerprint density at radius 3 is 2.58 bits per heavy atom. The number of fused-ring (bicyclic) bond motifs is 1. The second kappa shape index (κ2) is 9.43. The molecule has 1 atom stereocenters. The van der Waals surface area contributed by atoms with Crippen LogP contribution in [0.25, 0.3) is 0 Å². The maximum atomic E-state index is 13.1. The number of hydrogen-bond donors (Lipinski definition) is 1. The summed E-state index contributed by atoms with van der Waals surface area (Å²) in [5.74, 6) is 0.754. The van der Waals surface area contributed by atoms with E-state index in [2.05, 4.69) is 39.9 Å². The monoisotopic (exact) mass is 443 g/mol. The summed E-state index contributed by atoms with van der Waals surface area (Å²) in [6, 6.07) is 7.20. The Balaban J connectivity index is 1.91. The van der Waals surface area contributed by atoms with E-state index in [1.54, 1.807) is 12.1 Å². The number of carbonyl (C=O) groups is 2. The number of amides is 1. The van der Waals surface area contributed by atoms with Crippen LogP contribution < -0.4 is 10.1 Å². The van der Waals surface area contributed by atoms with Gasteiger partial charge in [-0.3, -0.25) is 4.79 Å². The number of para-hydroxylation sites is 1. The standard InChI is InChI=1S/C25H33NO4S/c1-15(2)14-30-19-10-8-7-9-17(19)22(27)26-23-21(24(28)29-6)18-12-11-16(25(3,4)5)13-20(18)31-23/h7-10,15-16H,11-14H2,1-6H3,(H,26,27). The van der Waals surface area contributed by atoms with Gasteiger partial charge >= 0.3 is 5.97 Å². The van der Waals surface area contributed by atoms with Crippen molar-refractivity contribution in [3.8, 4) is 5.75 Å². The molecule has 1 aromatic carbocycles. The number of methoxy groups -OCH3 is 1. The van der Waals surface area contributed by atoms with Gasteiger partial charge in [0.1, 0.15) is 10.8 Å². The van der Waals surface area contributed by atoms with Crippen LogP contribution in [0.4, 0.5) is 5.00 Å². The number of carbonyl (C=O) groups excluding carboxylic acids is 2. The van der Waals surface area contributed by atoms with Gasteiger partial charge in [0.25, 0.3) is 5.91 Å². The predicted octanol–water partition coefficient (Wildman–Crippen LogP) is 5.97. The molecule has 1 aromatic heterocycles. The number of anilines is 1. The molecule has 1 aliphatic rings. The highest BCUT2D eigenvalue weighted by molar-refractivity contribution is 7.17. The summed E-state index contributed by atoms with van der Waals surface area (Å²) in [5.41, 5.74) is 2.18. The molecule has 0 saturated heterocycles. The van der Waals surface area contributed by atoms with Crippen LogP contribution in [0.15, 0.2) is 24.3 Å². The van der Waals surface area contributed by atoms with Crippen molar-refractivity contribution in [3.05, 3.63) is 45.8 Å². The highest BCUT2D eigenvalue weighted by Crippen LogP contribution is 2.44. The van der Waals surface area contributed by atoms with Gasteiger partial charge in [-0.2, -0.15) is 0 Å². The molecule has 31 heavy (non-hydrogen) atoms. The number of nitrogens with one attached hydrogen (secondary N) is 1. The molecule has 0 saturated carbocycles. The van der Waals surface area contributed by atoms with Crippen LogP contribution in [0.1, 0.15) is 72.2 Å². The summed E-state index contributed by atoms with van der Waals surface area (Å²) < 4.78 is 10.9. The maximum absolute atomic E-state index is 13.1. The quantitative estimate of drug-likeness (QED) is 0.558. The lowest BCUT2D eigenvalue weighted by atomic mass is 9.72. The molecule has 1 N–H and O–H groups in total. The first-order valence-electron chi connectivity index (χ1n) is 10.9. The summed E-state index contributed by atoms with van der Waals surface area (Å²) in [7, 11) is 1.38. The molecule has 0 aliphatic heterocycles. The number of thiophene rings is 1. The van der Waals surface area contributed by atoms with Crippen molar-refractivity contribution < 1.29 is 19.1 Å². The SMILES string of the molecule is COC(=O)c1c(NC(=O)c2ccccc2OCC(C)C)sc2c1CCC(C(C)(C)C)C2. The largest absolute Gasteiger partial charge is 0.492 e. The van der Waals surface area contributed by atoms with E-state index in [1.807, 2.05) is 12.1 Å². The first-order chi connectivity index (χ1) is 14.6. The Kier molecular flexibility index (Phi) is 7.10. The Morgan fingerprint density at radius 1 is 1.23 bits per heavy atom. The smallest absolute Gasteiger partial charge is 0.341 e. The minimum Gasteiger partial charge on any atom is -0.492 e. The van der Waals surface area contributed by atoms with Crippen molar-refractivity contribution in [2.75, 3.05) is 19.0 Å². The van der Waals surface area contributed by atoms with E-state index < -0.39 is 5.97 Å². The highest BCUT2D eigenvalue weighted by atomic mass is 32.1. The third-order valence-corrected chi connectivity index (χ3v) is 6.98. The van der Waals surface area contributed by atoms with E-state index in [9.17, 15) is 9.59 Å². The van der Waals surface area contributed by atoms with Crippen LogP contribution in [0.5, 0.6) is 5.75 Å². The number of esters is 1. The second-order valence-electron chi connectivity index (χ2n) is 9.66. The molecule has 0 bridgehead atoms. The van der Waals surface area contributed by atoms with Gasteiger partial charge in [-0.15, -0.1) is 11.3 Å². The van der Waals surface area contributed by atoms with E-state index in [0.717, 1.165) is 24.8 Å². The van der Waals surface area contributed by atoms with Gasteiger partial charge < -0.3 is 14.8 Å². The van der Waals surface area contributed by atoms with Crippen LogP contribution in [-0.2, 0) is 17.6 Å². The molecule has 1 aliphatic carbocycles. The number of rotatable bonds is 6. The van der Waals surface area contributed by atoms with Gasteiger partial charge in [0.05, 0.1) is 24.8 Å². The second-order valence-corrected chi connectivity index (χ2v) is 10.8. The summed E-state index contributed by atoms with van der Waals surface area (Å²) in [6.07, 6.45) is 2.76. The number of ether oxygens (including phenoxy) is 2. The average molecular weight is 444 g/mol. The zero-order valence-electron chi connectivity index (χ0n) is 19.3. The number of hydrogen-bond acceptors (Lipinski definition) is 5. The fourth-order valence-electron chi connectivity index (χ4n) is 3.94. The van der Waals surface area contributed by atoms with Crippen LogP contribution >= 0.6 is 11.3 Å². The lowest BCUT2D eigenvalue weighted by Crippen LogP contribution is -2.26. The third-order valence-electron chi connectivity index (χ3n) is 5.81. The molecule has 2 aromatic rings. The maximum Gasteiger partial charge on any atom is 0.341 e. The molecule has 1 unspecified atom stereocenters. The zero-order chi connectivity index (χ0) is 22.8. The Bertz CT molecular complexity index is 955. The van der Waals surface area contributed by atoms with Crippen molar-refractivity contribution in [1.82, 2.24) is 0 Å². The van der Waals surface area contributed by atoms with Crippen LogP contribution in [0.2, 0.25) is 0 Å². The topological polar surface area (TPSA) is 64.6 Å². The number of benzene rings is 1. The van der Waals surface area contributed by atoms with Crippen molar-refractivity contribution in [1.29, 1.82) is 0 Å². The third kappa shape index (κ3) is 5.29. The molecule has 1 amide bonds. The van der Waals surface area contributed by atoms with E-state index in [0.29, 0.717) is 40.3 Å². The minimum absolute atomic E-state index is 0.198. The first-order valence-corrected chi connectivity index (χ1v) is 11.7. The first kappa shape index (κ1) is 23.3. The fourth-order valence-corrected chi connectivity index (χ4v) is 5.25. The summed E-state index contributed by atoms with van der Waals surface area (Å²) in [4.78, 5) is 26.9. The summed E-state index contributed by atoms with van der Waals surface area (Å²) >= 11 is 1.50. The van der Waals surface area contributed by atoms with Gasteiger partial charge in [-0.25, -0.2) is 4.79 Å². The molecule has 5 nitrogen and oxygen atoms in total. The van der Waals surface area contributed by atoms with Crippen LogP contribution in [-0.4, -0.2) is 25.6 Å². The van der Waals surface area contributed by atoms with Crippen LogP contribution in [0, 0.1) is 17.3 Å². The Morgan fingerprint density at radius 2 is 1.94 bits per heavy atom. The van der Waals surface area contributed by atoms with Gasteiger partial charge in [-0.05, 0) is 54.2 Å². The van der Waals surface area contributed by atoms with Gasteiger partial charge in [0.15, 0.2) is 0 Å². The van der Waals surface area contributed by atoms with E-state index in [4.69, 9.17) is 9.47 Å². The molecule has 0 spiro atoms. The Labute approximate surface area is 189 Å². The molecule has 6 heteroatoms. The Hall–Kier alpha value is -2.34. The van der Waals surface area contributed by atoms with Crippen LogP contribution in [0.3, 0.4) is 0 Å². The fraction of sp³-hybridized carbons (Fsp3) is 0.520. The predicted molar refractivity (Wildman–Crippen MR) is 125 cm³/mol. The van der Waals surface area contributed by atoms with Gasteiger partial charge in [0, 0.05) is 4.88 Å². The molecule has 1 heterocycles. The van der Waals surface area contributed by atoms with Crippen molar-refractivity contribution in [2.24, 2.45) is 17.3 Å². The molecular weight excluding hydrogens is 410 g/mol. The van der Waals surface area contributed by atoms with Gasteiger partial charge in [0.2, 0.25) is 0 Å². The molecule has 0 fully saturated rings. The van der Waals surface area contributed by atoms with E-state index >= 15 is 0 Å². The summed E-state index contributed by atoms with van der Waals surface area (Å²) in [6.45, 7) is 11.4. The van der Waals surface area contributed by atoms with Crippen molar-refractivity contribution in [2.45, 2.75) is 53.9 Å². The van der Waals surface area contributed by atoms with Crippen molar-refractivity contribution >= 4 is 28.2 Å². The lowest BCUT2D eigenvalue weighted by Gasteiger charge is -2.33. The molecule has 168 valence electrons.